The molecule has 0 amide bonds. The molecule has 1 saturated carbocycles. The first-order valence-electron chi connectivity index (χ1n) is 6.52. The quantitative estimate of drug-likeness (QED) is 0.914. The van der Waals surface area contributed by atoms with Crippen molar-refractivity contribution >= 4 is 23.3 Å². The maximum Gasteiger partial charge on any atom is 0.174 e. The number of nitrogens with one attached hydrogen (secondary N) is 1. The van der Waals surface area contributed by atoms with Crippen molar-refractivity contribution in [1.82, 2.24) is 14.7 Å². The van der Waals surface area contributed by atoms with Crippen molar-refractivity contribution in [1.29, 1.82) is 0 Å². The highest BCUT2D eigenvalue weighted by atomic mass is 32.2. The highest BCUT2D eigenvalue weighted by molar-refractivity contribution is 8.01. The van der Waals surface area contributed by atoms with Gasteiger partial charge in [0.25, 0.3) is 0 Å². The molecule has 3 nitrogen and oxygen atoms in total. The van der Waals surface area contributed by atoms with Gasteiger partial charge in [-0.3, -0.25) is 0 Å². The molecule has 0 bridgehead atoms. The van der Waals surface area contributed by atoms with Gasteiger partial charge < -0.3 is 5.32 Å². The molecule has 0 radical (unpaired) electrons. The molecule has 1 N–H and O–H groups in total. The predicted octanol–water partition coefficient (Wildman–Crippen LogP) is 3.56. The number of aromatic nitrogens is 2. The van der Waals surface area contributed by atoms with E-state index in [9.17, 15) is 0 Å². The average Bonchev–Trinajstić information content (AvgIpc) is 3.13. The van der Waals surface area contributed by atoms with E-state index in [0.717, 1.165) is 22.8 Å². The average molecular weight is 291 g/mol. The standard InChI is InChI=1S/C14H17N3S2/c1-9-7-11(8-15-12-4-5-12)3-6-13(9)18-14-16-10(2)17-19-14/h3,6-7,12,15H,4-5,8H2,1-2H3. The maximum absolute atomic E-state index is 4.40. The fourth-order valence-corrected chi connectivity index (χ4v) is 3.58. The number of hydrogen-bond donors (Lipinski definition) is 1. The molecule has 0 saturated heterocycles. The fraction of sp³-hybridized carbons (Fsp3) is 0.429. The van der Waals surface area contributed by atoms with Gasteiger partial charge in [0.1, 0.15) is 5.82 Å². The van der Waals surface area contributed by atoms with Crippen molar-refractivity contribution in [2.24, 2.45) is 0 Å². The van der Waals surface area contributed by atoms with Gasteiger partial charge in [0.05, 0.1) is 0 Å². The molecule has 19 heavy (non-hydrogen) atoms. The van der Waals surface area contributed by atoms with E-state index in [1.165, 1.54) is 40.4 Å². The minimum absolute atomic E-state index is 0.763. The van der Waals surface area contributed by atoms with E-state index in [-0.39, 0.29) is 0 Å². The smallest absolute Gasteiger partial charge is 0.174 e. The van der Waals surface area contributed by atoms with E-state index in [1.807, 2.05) is 6.92 Å². The Morgan fingerprint density at radius 3 is 2.84 bits per heavy atom. The minimum Gasteiger partial charge on any atom is -0.310 e. The van der Waals surface area contributed by atoms with Crippen LogP contribution in [0.25, 0.3) is 0 Å². The number of hydrogen-bond acceptors (Lipinski definition) is 5. The molecule has 2 aromatic rings. The zero-order valence-electron chi connectivity index (χ0n) is 11.1. The summed E-state index contributed by atoms with van der Waals surface area (Å²) in [7, 11) is 0. The third-order valence-corrected chi connectivity index (χ3v) is 5.14. The predicted molar refractivity (Wildman–Crippen MR) is 79.8 cm³/mol. The second-order valence-electron chi connectivity index (χ2n) is 4.96. The summed E-state index contributed by atoms with van der Waals surface area (Å²) < 4.78 is 5.23. The second kappa shape index (κ2) is 5.61. The van der Waals surface area contributed by atoms with Crippen molar-refractivity contribution < 1.29 is 0 Å². The summed E-state index contributed by atoms with van der Waals surface area (Å²) in [6.45, 7) is 5.07. The lowest BCUT2D eigenvalue weighted by Crippen LogP contribution is -2.15. The van der Waals surface area contributed by atoms with Crippen LogP contribution in [0.5, 0.6) is 0 Å². The number of aryl methyl sites for hydroxylation is 2. The van der Waals surface area contributed by atoms with E-state index in [4.69, 9.17) is 0 Å². The zero-order valence-corrected chi connectivity index (χ0v) is 12.8. The summed E-state index contributed by atoms with van der Waals surface area (Å²) in [4.78, 5) is 5.67. The van der Waals surface area contributed by atoms with Crippen molar-refractivity contribution in [2.45, 2.75) is 48.5 Å². The Morgan fingerprint density at radius 1 is 1.37 bits per heavy atom. The van der Waals surface area contributed by atoms with Crippen LogP contribution in [-0.2, 0) is 6.54 Å². The second-order valence-corrected chi connectivity index (χ2v) is 7.01. The van der Waals surface area contributed by atoms with Crippen molar-refractivity contribution in [2.75, 3.05) is 0 Å². The van der Waals surface area contributed by atoms with Crippen LogP contribution in [0.4, 0.5) is 0 Å². The van der Waals surface area contributed by atoms with Crippen molar-refractivity contribution in [3.63, 3.8) is 0 Å². The van der Waals surface area contributed by atoms with Gasteiger partial charge in [-0.25, -0.2) is 4.98 Å². The number of rotatable bonds is 5. The molecule has 0 spiro atoms. The van der Waals surface area contributed by atoms with Gasteiger partial charge >= 0.3 is 0 Å². The molecule has 1 aliphatic carbocycles. The van der Waals surface area contributed by atoms with E-state index in [2.05, 4.69) is 39.8 Å². The molecule has 0 unspecified atom stereocenters. The Labute approximate surface area is 122 Å². The van der Waals surface area contributed by atoms with Crippen LogP contribution in [0.2, 0.25) is 0 Å². The molecular weight excluding hydrogens is 274 g/mol. The molecule has 0 aliphatic heterocycles. The zero-order chi connectivity index (χ0) is 13.2. The Morgan fingerprint density at radius 2 is 2.21 bits per heavy atom. The summed E-state index contributed by atoms with van der Waals surface area (Å²) >= 11 is 3.17. The summed E-state index contributed by atoms with van der Waals surface area (Å²) in [6.07, 6.45) is 2.67. The van der Waals surface area contributed by atoms with Crippen LogP contribution in [0.1, 0.15) is 29.8 Å². The Kier molecular flexibility index (Phi) is 3.86. The van der Waals surface area contributed by atoms with E-state index in [1.54, 1.807) is 11.8 Å². The SMILES string of the molecule is Cc1nsc(Sc2ccc(CNC3CC3)cc2C)n1. The van der Waals surface area contributed by atoms with Crippen LogP contribution in [0.3, 0.4) is 0 Å². The largest absolute Gasteiger partial charge is 0.310 e. The fourth-order valence-electron chi connectivity index (χ4n) is 1.90. The van der Waals surface area contributed by atoms with E-state index < -0.39 is 0 Å². The van der Waals surface area contributed by atoms with Crippen LogP contribution in [0, 0.1) is 13.8 Å². The summed E-state index contributed by atoms with van der Waals surface area (Å²) in [5.41, 5.74) is 2.68. The lowest BCUT2D eigenvalue weighted by Gasteiger charge is -2.07. The third-order valence-electron chi connectivity index (χ3n) is 3.12. The summed E-state index contributed by atoms with van der Waals surface area (Å²) in [5.74, 6) is 0.857. The van der Waals surface area contributed by atoms with Gasteiger partial charge in [0, 0.05) is 17.5 Å². The third kappa shape index (κ3) is 3.55. The lowest BCUT2D eigenvalue weighted by atomic mass is 10.1. The van der Waals surface area contributed by atoms with Crippen LogP contribution < -0.4 is 5.32 Å². The molecule has 100 valence electrons. The van der Waals surface area contributed by atoms with E-state index >= 15 is 0 Å². The van der Waals surface area contributed by atoms with E-state index in [0.29, 0.717) is 0 Å². The number of nitrogens with zero attached hydrogens (tertiary/aromatic N) is 2. The van der Waals surface area contributed by atoms with Gasteiger partial charge in [0.15, 0.2) is 4.34 Å². The monoisotopic (exact) mass is 291 g/mol. The molecule has 1 aromatic carbocycles. The molecule has 5 heteroatoms. The molecule has 1 aromatic heterocycles. The first kappa shape index (κ1) is 13.1. The topological polar surface area (TPSA) is 37.8 Å². The van der Waals surface area contributed by atoms with Crippen LogP contribution >= 0.6 is 23.3 Å². The Bertz CT molecular complexity index is 576. The Balaban J connectivity index is 1.67. The van der Waals surface area contributed by atoms with Gasteiger partial charge in [-0.05, 0) is 55.4 Å². The minimum atomic E-state index is 0.763. The van der Waals surface area contributed by atoms with Gasteiger partial charge in [0.2, 0.25) is 0 Å². The molecular formula is C14H17N3S2. The molecule has 0 atom stereocenters. The highest BCUT2D eigenvalue weighted by Gasteiger charge is 2.19. The molecule has 1 heterocycles. The maximum atomic E-state index is 4.40. The molecule has 1 fully saturated rings. The highest BCUT2D eigenvalue weighted by Crippen LogP contribution is 2.31. The summed E-state index contributed by atoms with van der Waals surface area (Å²) in [5, 5.41) is 3.55. The van der Waals surface area contributed by atoms with Crippen molar-refractivity contribution in [3.8, 4) is 0 Å². The Hall–Kier alpha value is -0.910. The lowest BCUT2D eigenvalue weighted by molar-refractivity contribution is 0.687. The number of benzene rings is 1. The van der Waals surface area contributed by atoms with Crippen molar-refractivity contribution in [3.05, 3.63) is 35.2 Å². The molecule has 3 rings (SSSR count). The first-order chi connectivity index (χ1) is 9.20. The van der Waals surface area contributed by atoms with Crippen LogP contribution in [-0.4, -0.2) is 15.4 Å². The van der Waals surface area contributed by atoms with Gasteiger partial charge in [-0.1, -0.05) is 23.9 Å². The normalized spacial score (nSPS) is 14.8. The first-order valence-corrected chi connectivity index (χ1v) is 8.11. The van der Waals surface area contributed by atoms with Gasteiger partial charge in [-0.2, -0.15) is 4.37 Å². The van der Waals surface area contributed by atoms with Crippen LogP contribution in [0.15, 0.2) is 27.4 Å². The molecule has 1 aliphatic rings. The summed E-state index contributed by atoms with van der Waals surface area (Å²) in [6, 6.07) is 7.43. The van der Waals surface area contributed by atoms with Gasteiger partial charge in [-0.15, -0.1) is 0 Å².